The van der Waals surface area contributed by atoms with Crippen molar-refractivity contribution in [3.8, 4) is 11.5 Å². The Bertz CT molecular complexity index is 859. The molecule has 1 unspecified atom stereocenters. The number of hydrogen-bond acceptors (Lipinski definition) is 4. The maximum Gasteiger partial charge on any atom is 0.255 e. The molecule has 1 atom stereocenters. The zero-order valence-corrected chi connectivity index (χ0v) is 16.4. The molecule has 2 aromatic rings. The van der Waals surface area contributed by atoms with Crippen LogP contribution in [0.4, 0.5) is 0 Å². The van der Waals surface area contributed by atoms with E-state index in [0.717, 1.165) is 61.3 Å². The third-order valence-corrected chi connectivity index (χ3v) is 7.05. The standard InChI is InChI=1S/C22H25NO3S/c24-22(17-14-27-21-7-2-1-5-16(17)21)23-10-3-6-18(23)15-8-9-19-20(13-15)26-12-4-11-25-19/h8-9,13-14,18H,1-7,10-12H2. The van der Waals surface area contributed by atoms with Gasteiger partial charge in [0.05, 0.1) is 24.8 Å². The van der Waals surface area contributed by atoms with Crippen LogP contribution in [-0.4, -0.2) is 30.6 Å². The summed E-state index contributed by atoms with van der Waals surface area (Å²) < 4.78 is 11.6. The highest BCUT2D eigenvalue weighted by Gasteiger charge is 2.33. The van der Waals surface area contributed by atoms with Gasteiger partial charge in [0.25, 0.3) is 5.91 Å². The Hall–Kier alpha value is -2.01. The summed E-state index contributed by atoms with van der Waals surface area (Å²) in [6.07, 6.45) is 7.62. The van der Waals surface area contributed by atoms with Crippen LogP contribution in [0.3, 0.4) is 0 Å². The number of fused-ring (bicyclic) bond motifs is 2. The first-order valence-corrected chi connectivity index (χ1v) is 11.0. The molecule has 0 bridgehead atoms. The number of rotatable bonds is 2. The Morgan fingerprint density at radius 3 is 2.81 bits per heavy atom. The first-order chi connectivity index (χ1) is 13.3. The van der Waals surface area contributed by atoms with Crippen molar-refractivity contribution < 1.29 is 14.3 Å². The van der Waals surface area contributed by atoms with Gasteiger partial charge >= 0.3 is 0 Å². The van der Waals surface area contributed by atoms with Crippen LogP contribution in [0.2, 0.25) is 0 Å². The lowest BCUT2D eigenvalue weighted by Gasteiger charge is -2.26. The molecule has 1 saturated heterocycles. The molecule has 1 aromatic heterocycles. The van der Waals surface area contributed by atoms with Gasteiger partial charge in [-0.15, -0.1) is 11.3 Å². The van der Waals surface area contributed by atoms with Gasteiger partial charge in [0.15, 0.2) is 11.5 Å². The molecule has 5 rings (SSSR count). The van der Waals surface area contributed by atoms with Crippen LogP contribution in [0.25, 0.3) is 0 Å². The van der Waals surface area contributed by atoms with Gasteiger partial charge in [-0.2, -0.15) is 0 Å². The van der Waals surface area contributed by atoms with Gasteiger partial charge in [-0.25, -0.2) is 0 Å². The van der Waals surface area contributed by atoms with E-state index in [9.17, 15) is 4.79 Å². The number of thiophene rings is 1. The lowest BCUT2D eigenvalue weighted by Crippen LogP contribution is -2.31. The van der Waals surface area contributed by atoms with E-state index >= 15 is 0 Å². The largest absolute Gasteiger partial charge is 0.490 e. The van der Waals surface area contributed by atoms with Crippen molar-refractivity contribution in [3.63, 3.8) is 0 Å². The second kappa shape index (κ2) is 7.19. The van der Waals surface area contributed by atoms with Crippen LogP contribution in [-0.2, 0) is 12.8 Å². The monoisotopic (exact) mass is 383 g/mol. The first-order valence-electron chi connectivity index (χ1n) is 10.1. The SMILES string of the molecule is O=C(c1csc2c1CCCC2)N1CCCC1c1ccc2c(c1)OCCCO2. The lowest BCUT2D eigenvalue weighted by molar-refractivity contribution is 0.0734. The molecule has 4 nitrogen and oxygen atoms in total. The summed E-state index contributed by atoms with van der Waals surface area (Å²) >= 11 is 1.77. The van der Waals surface area contributed by atoms with E-state index in [2.05, 4.69) is 22.4 Å². The van der Waals surface area contributed by atoms with Crippen molar-refractivity contribution in [1.82, 2.24) is 4.90 Å². The summed E-state index contributed by atoms with van der Waals surface area (Å²) in [6, 6.07) is 6.32. The molecule has 0 saturated carbocycles. The molecule has 0 spiro atoms. The number of aryl methyl sites for hydroxylation is 1. The van der Waals surface area contributed by atoms with Gasteiger partial charge in [0.1, 0.15) is 0 Å². The Kier molecular flexibility index (Phi) is 4.56. The van der Waals surface area contributed by atoms with Crippen LogP contribution >= 0.6 is 11.3 Å². The van der Waals surface area contributed by atoms with Crippen molar-refractivity contribution in [3.05, 3.63) is 45.1 Å². The number of carbonyl (C=O) groups is 1. The predicted molar refractivity (Wildman–Crippen MR) is 106 cm³/mol. The molecule has 2 aliphatic heterocycles. The molecule has 1 amide bonds. The highest BCUT2D eigenvalue weighted by atomic mass is 32.1. The van der Waals surface area contributed by atoms with Crippen molar-refractivity contribution in [2.75, 3.05) is 19.8 Å². The average molecular weight is 384 g/mol. The minimum Gasteiger partial charge on any atom is -0.490 e. The van der Waals surface area contributed by atoms with Gasteiger partial charge in [0.2, 0.25) is 0 Å². The average Bonchev–Trinajstić information content (AvgIpc) is 3.29. The summed E-state index contributed by atoms with van der Waals surface area (Å²) in [6.45, 7) is 2.22. The smallest absolute Gasteiger partial charge is 0.255 e. The number of ether oxygens (including phenoxy) is 2. The number of likely N-dealkylation sites (tertiary alicyclic amines) is 1. The normalized spacial score (nSPS) is 21.6. The minimum absolute atomic E-state index is 0.133. The lowest BCUT2D eigenvalue weighted by atomic mass is 9.95. The van der Waals surface area contributed by atoms with Gasteiger partial charge < -0.3 is 14.4 Å². The summed E-state index contributed by atoms with van der Waals surface area (Å²) in [5.74, 6) is 1.85. The van der Waals surface area contributed by atoms with Gasteiger partial charge in [0, 0.05) is 23.2 Å². The second-order valence-corrected chi connectivity index (χ2v) is 8.64. The molecule has 142 valence electrons. The second-order valence-electron chi connectivity index (χ2n) is 7.67. The Morgan fingerprint density at radius 1 is 1.04 bits per heavy atom. The van der Waals surface area contributed by atoms with E-state index in [1.54, 1.807) is 11.3 Å². The van der Waals surface area contributed by atoms with Crippen LogP contribution in [0.5, 0.6) is 11.5 Å². The summed E-state index contributed by atoms with van der Waals surface area (Å²) in [5, 5.41) is 2.10. The summed E-state index contributed by atoms with van der Waals surface area (Å²) in [7, 11) is 0. The number of hydrogen-bond donors (Lipinski definition) is 0. The van der Waals surface area contributed by atoms with Crippen LogP contribution in [0.15, 0.2) is 23.6 Å². The number of amides is 1. The fourth-order valence-corrected chi connectivity index (χ4v) is 5.69. The molecule has 1 aliphatic carbocycles. The fourth-order valence-electron chi connectivity index (χ4n) is 4.57. The third-order valence-electron chi connectivity index (χ3n) is 5.96. The first kappa shape index (κ1) is 17.1. The molecule has 3 aliphatic rings. The number of carbonyl (C=O) groups excluding carboxylic acids is 1. The summed E-state index contributed by atoms with van der Waals surface area (Å²) in [4.78, 5) is 16.9. The minimum atomic E-state index is 0.133. The molecule has 27 heavy (non-hydrogen) atoms. The quantitative estimate of drug-likeness (QED) is 0.750. The molecule has 3 heterocycles. The third kappa shape index (κ3) is 3.12. The zero-order valence-electron chi connectivity index (χ0n) is 15.5. The Balaban J connectivity index is 1.43. The predicted octanol–water partition coefficient (Wildman–Crippen LogP) is 4.77. The molecule has 1 aromatic carbocycles. The highest BCUT2D eigenvalue weighted by molar-refractivity contribution is 7.10. The molecule has 0 radical (unpaired) electrons. The van der Waals surface area contributed by atoms with E-state index in [1.165, 1.54) is 23.3 Å². The Labute approximate surface area is 164 Å². The molecular weight excluding hydrogens is 358 g/mol. The molecule has 1 fully saturated rings. The van der Waals surface area contributed by atoms with Crippen molar-refractivity contribution >= 4 is 17.2 Å². The van der Waals surface area contributed by atoms with Crippen molar-refractivity contribution in [1.29, 1.82) is 0 Å². The fraction of sp³-hybridized carbons (Fsp3) is 0.500. The maximum atomic E-state index is 13.4. The molecule has 5 heteroatoms. The van der Waals surface area contributed by atoms with Crippen molar-refractivity contribution in [2.24, 2.45) is 0 Å². The topological polar surface area (TPSA) is 38.8 Å². The van der Waals surface area contributed by atoms with E-state index in [1.807, 2.05) is 6.07 Å². The van der Waals surface area contributed by atoms with Gasteiger partial charge in [-0.05, 0) is 61.8 Å². The Morgan fingerprint density at radius 2 is 1.89 bits per heavy atom. The maximum absolute atomic E-state index is 13.4. The van der Waals surface area contributed by atoms with E-state index in [-0.39, 0.29) is 11.9 Å². The molecule has 0 N–H and O–H groups in total. The van der Waals surface area contributed by atoms with E-state index in [4.69, 9.17) is 9.47 Å². The summed E-state index contributed by atoms with van der Waals surface area (Å²) in [5.41, 5.74) is 3.44. The van der Waals surface area contributed by atoms with Crippen LogP contribution in [0, 0.1) is 0 Å². The van der Waals surface area contributed by atoms with E-state index < -0.39 is 0 Å². The zero-order chi connectivity index (χ0) is 18.2. The van der Waals surface area contributed by atoms with Crippen molar-refractivity contribution in [2.45, 2.75) is 51.0 Å². The van der Waals surface area contributed by atoms with Crippen LogP contribution in [0.1, 0.15) is 64.5 Å². The molecular formula is C22H25NO3S. The van der Waals surface area contributed by atoms with Crippen LogP contribution < -0.4 is 9.47 Å². The highest BCUT2D eigenvalue weighted by Crippen LogP contribution is 2.40. The van der Waals surface area contributed by atoms with Gasteiger partial charge in [-0.1, -0.05) is 6.07 Å². The number of nitrogens with zero attached hydrogens (tertiary/aromatic N) is 1. The van der Waals surface area contributed by atoms with Gasteiger partial charge in [-0.3, -0.25) is 4.79 Å². The van der Waals surface area contributed by atoms with E-state index in [0.29, 0.717) is 13.2 Å². The number of benzene rings is 1.